The Morgan fingerprint density at radius 3 is 2.65 bits per heavy atom. The normalized spacial score (nSPS) is 16.6. The number of aromatic nitrogens is 1. The van der Waals surface area contributed by atoms with Gasteiger partial charge >= 0.3 is 5.97 Å². The van der Waals surface area contributed by atoms with Crippen molar-refractivity contribution in [3.05, 3.63) is 35.7 Å². The summed E-state index contributed by atoms with van der Waals surface area (Å²) in [5, 5.41) is 8.67. The molecular weight excluding hydrogens is 258 g/mol. The highest BCUT2D eigenvalue weighted by Crippen LogP contribution is 2.13. The quantitative estimate of drug-likeness (QED) is 0.816. The van der Waals surface area contributed by atoms with Crippen molar-refractivity contribution in [3.8, 4) is 0 Å². The van der Waals surface area contributed by atoms with E-state index < -0.39 is 5.97 Å². The summed E-state index contributed by atoms with van der Waals surface area (Å²) in [6.45, 7) is 3.05. The van der Waals surface area contributed by atoms with Crippen molar-refractivity contribution in [2.45, 2.75) is 0 Å². The molecule has 6 heteroatoms. The maximum Gasteiger partial charge on any atom is 0.328 e. The van der Waals surface area contributed by atoms with Gasteiger partial charge in [-0.15, -0.1) is 0 Å². The molecule has 20 heavy (non-hydrogen) atoms. The van der Waals surface area contributed by atoms with E-state index in [2.05, 4.69) is 9.88 Å². The first-order valence-corrected chi connectivity index (χ1v) is 6.41. The summed E-state index contributed by atoms with van der Waals surface area (Å²) in [5.74, 6) is -1.13. The van der Waals surface area contributed by atoms with Gasteiger partial charge in [-0.25, -0.2) is 4.79 Å². The van der Waals surface area contributed by atoms with Gasteiger partial charge in [0.15, 0.2) is 0 Å². The lowest BCUT2D eigenvalue weighted by molar-refractivity contribution is -0.131. The number of likely N-dealkylation sites (N-methyl/N-ethyl adjacent to an activating group) is 1. The average molecular weight is 275 g/mol. The van der Waals surface area contributed by atoms with Gasteiger partial charge in [0.1, 0.15) is 0 Å². The number of carbonyl (C=O) groups excluding carboxylic acids is 1. The Morgan fingerprint density at radius 1 is 1.30 bits per heavy atom. The summed E-state index contributed by atoms with van der Waals surface area (Å²) in [6.07, 6.45) is 5.46. The van der Waals surface area contributed by atoms with Gasteiger partial charge in [0, 0.05) is 55.8 Å². The first kappa shape index (κ1) is 14.2. The molecule has 1 aliphatic rings. The molecule has 1 saturated heterocycles. The number of pyridine rings is 1. The van der Waals surface area contributed by atoms with Gasteiger partial charge in [0.25, 0.3) is 5.91 Å². The fraction of sp³-hybridized carbons (Fsp3) is 0.357. The number of amides is 1. The van der Waals surface area contributed by atoms with E-state index in [1.165, 1.54) is 12.3 Å². The van der Waals surface area contributed by atoms with Gasteiger partial charge in [-0.3, -0.25) is 9.78 Å². The van der Waals surface area contributed by atoms with E-state index in [9.17, 15) is 9.59 Å². The summed E-state index contributed by atoms with van der Waals surface area (Å²) in [5.41, 5.74) is 1.01. The smallest absolute Gasteiger partial charge is 0.328 e. The second kappa shape index (κ2) is 6.29. The van der Waals surface area contributed by atoms with Gasteiger partial charge in [0.05, 0.1) is 0 Å². The van der Waals surface area contributed by atoms with Crippen molar-refractivity contribution in [3.63, 3.8) is 0 Å². The Hall–Kier alpha value is -2.21. The number of nitrogens with zero attached hydrogens (tertiary/aromatic N) is 3. The highest BCUT2D eigenvalue weighted by Gasteiger charge is 2.21. The number of piperazine rings is 1. The molecule has 2 heterocycles. The molecule has 1 aliphatic heterocycles. The van der Waals surface area contributed by atoms with Gasteiger partial charge in [-0.2, -0.15) is 0 Å². The maximum atomic E-state index is 12.5. The molecular formula is C14H17N3O3. The van der Waals surface area contributed by atoms with Crippen LogP contribution in [0.5, 0.6) is 0 Å². The number of carbonyl (C=O) groups is 2. The third kappa shape index (κ3) is 3.42. The Balaban J connectivity index is 2.19. The van der Waals surface area contributed by atoms with E-state index in [1.807, 2.05) is 7.05 Å². The fourth-order valence-corrected chi connectivity index (χ4v) is 2.08. The Bertz CT molecular complexity index is 534. The molecule has 1 amide bonds. The molecule has 106 valence electrons. The standard InChI is InChI=1S/C14H17N3O3/c1-16-6-8-17(9-7-16)14(20)12-4-5-15-10-11(12)2-3-13(18)19/h2-5,10H,6-9H2,1H3,(H,18,19). The summed E-state index contributed by atoms with van der Waals surface area (Å²) in [6, 6.07) is 1.63. The van der Waals surface area contributed by atoms with Crippen LogP contribution in [-0.4, -0.2) is 65.0 Å². The van der Waals surface area contributed by atoms with Crippen LogP contribution in [0, 0.1) is 0 Å². The molecule has 0 spiro atoms. The van der Waals surface area contributed by atoms with Crippen LogP contribution < -0.4 is 0 Å². The van der Waals surface area contributed by atoms with E-state index in [0.29, 0.717) is 24.2 Å². The number of hydrogen-bond acceptors (Lipinski definition) is 4. The van der Waals surface area contributed by atoms with Crippen molar-refractivity contribution in [2.75, 3.05) is 33.2 Å². The lowest BCUT2D eigenvalue weighted by Crippen LogP contribution is -2.47. The summed E-state index contributed by atoms with van der Waals surface area (Å²) in [7, 11) is 2.02. The molecule has 0 aromatic carbocycles. The van der Waals surface area contributed by atoms with Crippen LogP contribution in [0.15, 0.2) is 24.5 Å². The fourth-order valence-electron chi connectivity index (χ4n) is 2.08. The molecule has 0 unspecified atom stereocenters. The predicted molar refractivity (Wildman–Crippen MR) is 74.3 cm³/mol. The van der Waals surface area contributed by atoms with Crippen LogP contribution in [0.4, 0.5) is 0 Å². The monoisotopic (exact) mass is 275 g/mol. The Kier molecular flexibility index (Phi) is 4.47. The van der Waals surface area contributed by atoms with Crippen molar-refractivity contribution >= 4 is 18.0 Å². The largest absolute Gasteiger partial charge is 0.478 e. The first-order chi connectivity index (χ1) is 9.58. The van der Waals surface area contributed by atoms with Gasteiger partial charge < -0.3 is 14.9 Å². The van der Waals surface area contributed by atoms with E-state index in [0.717, 1.165) is 19.2 Å². The zero-order valence-electron chi connectivity index (χ0n) is 11.3. The van der Waals surface area contributed by atoms with E-state index in [-0.39, 0.29) is 5.91 Å². The molecule has 1 aromatic rings. The molecule has 2 rings (SSSR count). The van der Waals surface area contributed by atoms with Crippen LogP contribution in [0.3, 0.4) is 0 Å². The third-order valence-electron chi connectivity index (χ3n) is 3.28. The molecule has 1 aromatic heterocycles. The molecule has 0 radical (unpaired) electrons. The number of aliphatic carboxylic acids is 1. The summed E-state index contributed by atoms with van der Waals surface area (Å²) < 4.78 is 0. The van der Waals surface area contributed by atoms with Crippen molar-refractivity contribution in [1.29, 1.82) is 0 Å². The van der Waals surface area contributed by atoms with Crippen LogP contribution >= 0.6 is 0 Å². The lowest BCUT2D eigenvalue weighted by Gasteiger charge is -2.32. The topological polar surface area (TPSA) is 73.7 Å². The number of rotatable bonds is 3. The molecule has 1 fully saturated rings. The molecule has 1 N–H and O–H groups in total. The van der Waals surface area contributed by atoms with Crippen LogP contribution in [-0.2, 0) is 4.79 Å². The van der Waals surface area contributed by atoms with Crippen LogP contribution in [0.25, 0.3) is 6.08 Å². The summed E-state index contributed by atoms with van der Waals surface area (Å²) in [4.78, 5) is 30.9. The third-order valence-corrected chi connectivity index (χ3v) is 3.28. The van der Waals surface area contributed by atoms with E-state index >= 15 is 0 Å². The SMILES string of the molecule is CN1CCN(C(=O)c2ccncc2C=CC(=O)O)CC1. The highest BCUT2D eigenvalue weighted by atomic mass is 16.4. The maximum absolute atomic E-state index is 12.5. The number of carboxylic acid groups (broad SMARTS) is 1. The van der Waals surface area contributed by atoms with Crippen LogP contribution in [0.2, 0.25) is 0 Å². The van der Waals surface area contributed by atoms with E-state index in [4.69, 9.17) is 5.11 Å². The van der Waals surface area contributed by atoms with Crippen LogP contribution in [0.1, 0.15) is 15.9 Å². The molecule has 0 atom stereocenters. The zero-order valence-corrected chi connectivity index (χ0v) is 11.3. The van der Waals surface area contributed by atoms with Gasteiger partial charge in [0.2, 0.25) is 0 Å². The number of carboxylic acids is 1. The zero-order chi connectivity index (χ0) is 14.5. The highest BCUT2D eigenvalue weighted by molar-refractivity contribution is 5.98. The lowest BCUT2D eigenvalue weighted by atomic mass is 10.1. The first-order valence-electron chi connectivity index (χ1n) is 6.41. The molecule has 0 aliphatic carbocycles. The Morgan fingerprint density at radius 2 is 2.00 bits per heavy atom. The molecule has 6 nitrogen and oxygen atoms in total. The van der Waals surface area contributed by atoms with Crippen molar-refractivity contribution in [1.82, 2.24) is 14.8 Å². The average Bonchev–Trinajstić information content (AvgIpc) is 2.45. The minimum Gasteiger partial charge on any atom is -0.478 e. The number of hydrogen-bond donors (Lipinski definition) is 1. The minimum absolute atomic E-state index is 0.0782. The predicted octanol–water partition coefficient (Wildman–Crippen LogP) is 0.567. The van der Waals surface area contributed by atoms with Crippen molar-refractivity contribution < 1.29 is 14.7 Å². The molecule has 0 bridgehead atoms. The minimum atomic E-state index is -1.05. The molecule has 0 saturated carbocycles. The summed E-state index contributed by atoms with van der Waals surface area (Å²) >= 11 is 0. The van der Waals surface area contributed by atoms with E-state index in [1.54, 1.807) is 17.2 Å². The Labute approximate surface area is 117 Å². The van der Waals surface area contributed by atoms with Gasteiger partial charge in [-0.1, -0.05) is 0 Å². The second-order valence-electron chi connectivity index (χ2n) is 4.73. The van der Waals surface area contributed by atoms with Gasteiger partial charge in [-0.05, 0) is 19.2 Å². The second-order valence-corrected chi connectivity index (χ2v) is 4.73. The van der Waals surface area contributed by atoms with Crippen molar-refractivity contribution in [2.24, 2.45) is 0 Å².